The van der Waals surface area contributed by atoms with Crippen LogP contribution in [-0.2, 0) is 0 Å². The number of nitrogens with zero attached hydrogens (tertiary/aromatic N) is 5. The SMILES string of the molecule is Fc1c(-c2cncc3cccc(Cl)c23)ccc2c(N3C[C@H]4CC[C@@H](C3)N4)nc(OCC34CCCN3CCC4)nc12. The van der Waals surface area contributed by atoms with Gasteiger partial charge in [0.05, 0.1) is 5.54 Å². The van der Waals surface area contributed by atoms with E-state index in [0.29, 0.717) is 40.2 Å². The van der Waals surface area contributed by atoms with Crippen molar-refractivity contribution in [3.63, 3.8) is 0 Å². The lowest BCUT2D eigenvalue weighted by atomic mass is 9.95. The van der Waals surface area contributed by atoms with Gasteiger partial charge in [0.1, 0.15) is 17.9 Å². The second-order valence-corrected chi connectivity index (χ2v) is 12.3. The molecule has 0 aliphatic carbocycles. The number of hydrogen-bond acceptors (Lipinski definition) is 7. The van der Waals surface area contributed by atoms with Gasteiger partial charge in [-0.05, 0) is 63.7 Å². The fraction of sp³-hybridized carbons (Fsp3) is 0.452. The monoisotopic (exact) mass is 558 g/mol. The zero-order valence-corrected chi connectivity index (χ0v) is 23.1. The van der Waals surface area contributed by atoms with Gasteiger partial charge in [-0.3, -0.25) is 9.88 Å². The van der Waals surface area contributed by atoms with E-state index in [9.17, 15) is 0 Å². The summed E-state index contributed by atoms with van der Waals surface area (Å²) in [6, 6.07) is 10.5. The van der Waals surface area contributed by atoms with Crippen LogP contribution in [0.25, 0.3) is 32.8 Å². The molecule has 0 amide bonds. The molecule has 206 valence electrons. The van der Waals surface area contributed by atoms with Gasteiger partial charge in [-0.15, -0.1) is 0 Å². The molecule has 7 nitrogen and oxygen atoms in total. The molecule has 2 aromatic heterocycles. The minimum absolute atomic E-state index is 0.0540. The topological polar surface area (TPSA) is 66.4 Å². The van der Waals surface area contributed by atoms with Crippen LogP contribution in [0.1, 0.15) is 38.5 Å². The van der Waals surface area contributed by atoms with Crippen molar-refractivity contribution in [3.8, 4) is 17.1 Å². The predicted molar refractivity (Wildman–Crippen MR) is 156 cm³/mol. The summed E-state index contributed by atoms with van der Waals surface area (Å²) in [5, 5.41) is 6.60. The quantitative estimate of drug-likeness (QED) is 0.343. The van der Waals surface area contributed by atoms with Crippen LogP contribution < -0.4 is 15.0 Å². The zero-order valence-electron chi connectivity index (χ0n) is 22.4. The third-order valence-corrected chi connectivity index (χ3v) is 9.90. The number of ether oxygens (including phenoxy) is 1. The van der Waals surface area contributed by atoms with E-state index in [1.54, 1.807) is 12.4 Å². The Morgan fingerprint density at radius 1 is 1.00 bits per heavy atom. The number of piperazine rings is 1. The van der Waals surface area contributed by atoms with E-state index in [0.717, 1.165) is 68.5 Å². The number of hydrogen-bond donors (Lipinski definition) is 1. The van der Waals surface area contributed by atoms with Crippen molar-refractivity contribution in [2.75, 3.05) is 37.7 Å². The number of anilines is 1. The maximum absolute atomic E-state index is 16.6. The van der Waals surface area contributed by atoms with Gasteiger partial charge in [0.2, 0.25) is 0 Å². The second-order valence-electron chi connectivity index (χ2n) is 11.9. The van der Waals surface area contributed by atoms with Crippen LogP contribution >= 0.6 is 11.6 Å². The highest BCUT2D eigenvalue weighted by Gasteiger charge is 2.45. The predicted octanol–water partition coefficient (Wildman–Crippen LogP) is 5.59. The lowest BCUT2D eigenvalue weighted by molar-refractivity contribution is 0.108. The summed E-state index contributed by atoms with van der Waals surface area (Å²) in [5.41, 5.74) is 1.40. The van der Waals surface area contributed by atoms with E-state index in [4.69, 9.17) is 26.3 Å². The first-order valence-electron chi connectivity index (χ1n) is 14.5. The molecule has 0 saturated carbocycles. The fourth-order valence-electron chi connectivity index (χ4n) is 7.66. The highest BCUT2D eigenvalue weighted by atomic mass is 35.5. The van der Waals surface area contributed by atoms with Crippen molar-refractivity contribution in [2.24, 2.45) is 0 Å². The molecule has 4 saturated heterocycles. The summed E-state index contributed by atoms with van der Waals surface area (Å²) in [6.45, 7) is 4.46. The van der Waals surface area contributed by atoms with Gasteiger partial charge < -0.3 is 15.0 Å². The number of benzene rings is 2. The van der Waals surface area contributed by atoms with Crippen LogP contribution in [0.3, 0.4) is 0 Å². The molecular formula is C31H32ClFN6O. The van der Waals surface area contributed by atoms with Crippen molar-refractivity contribution in [1.82, 2.24) is 25.2 Å². The van der Waals surface area contributed by atoms with E-state index in [-0.39, 0.29) is 17.1 Å². The summed E-state index contributed by atoms with van der Waals surface area (Å²) in [5.74, 6) is 0.352. The van der Waals surface area contributed by atoms with Crippen LogP contribution in [0.4, 0.5) is 10.2 Å². The third-order valence-electron chi connectivity index (χ3n) is 9.59. The highest BCUT2D eigenvalue weighted by molar-refractivity contribution is 6.36. The van der Waals surface area contributed by atoms with Crippen LogP contribution in [0, 0.1) is 5.82 Å². The molecule has 2 aromatic carbocycles. The number of pyridine rings is 1. The molecule has 0 unspecified atom stereocenters. The lowest BCUT2D eigenvalue weighted by Crippen LogP contribution is -2.51. The fourth-order valence-corrected chi connectivity index (χ4v) is 7.95. The Labute approximate surface area is 237 Å². The average molecular weight is 559 g/mol. The Hall–Kier alpha value is -3.07. The van der Waals surface area contributed by atoms with E-state index in [1.807, 2.05) is 30.3 Å². The molecule has 1 N–H and O–H groups in total. The van der Waals surface area contributed by atoms with Crippen molar-refractivity contribution >= 4 is 39.1 Å². The third kappa shape index (κ3) is 3.95. The van der Waals surface area contributed by atoms with Gasteiger partial charge in [0, 0.05) is 69.9 Å². The number of aromatic nitrogens is 3. The first-order valence-corrected chi connectivity index (χ1v) is 14.9. The minimum Gasteiger partial charge on any atom is -0.461 e. The molecule has 40 heavy (non-hydrogen) atoms. The van der Waals surface area contributed by atoms with Gasteiger partial charge in [0.25, 0.3) is 0 Å². The molecule has 0 radical (unpaired) electrons. The molecule has 4 aliphatic rings. The van der Waals surface area contributed by atoms with E-state index >= 15 is 4.39 Å². The summed E-state index contributed by atoms with van der Waals surface area (Å²) < 4.78 is 23.0. The minimum atomic E-state index is -0.403. The first-order chi connectivity index (χ1) is 19.6. The van der Waals surface area contributed by atoms with Crippen LogP contribution in [0.5, 0.6) is 6.01 Å². The number of fused-ring (bicyclic) bond motifs is 5. The molecule has 4 aliphatic heterocycles. The Morgan fingerprint density at radius 3 is 2.60 bits per heavy atom. The molecule has 4 aromatic rings. The Kier molecular flexibility index (Phi) is 5.87. The molecule has 2 bridgehead atoms. The van der Waals surface area contributed by atoms with Gasteiger partial charge in [-0.1, -0.05) is 29.8 Å². The lowest BCUT2D eigenvalue weighted by Gasteiger charge is -2.34. The van der Waals surface area contributed by atoms with Gasteiger partial charge in [-0.2, -0.15) is 9.97 Å². The largest absolute Gasteiger partial charge is 0.461 e. The number of halogens is 2. The van der Waals surface area contributed by atoms with Crippen molar-refractivity contribution in [2.45, 2.75) is 56.1 Å². The molecule has 4 fully saturated rings. The normalized spacial score (nSPS) is 23.8. The molecule has 9 heteroatoms. The standard InChI is InChI=1S/C31H32ClFN6O/c32-25-5-1-4-19-14-34-15-24(26(19)25)22-8-9-23-28(27(22)33)36-30(40-18-31-10-2-12-39(31)13-3-11-31)37-29(23)38-16-20-6-7-21(17-38)35-20/h1,4-5,8-9,14-15,20-21,35H,2-3,6-7,10-13,16-18H2/t20-,21+. The second kappa shape index (κ2) is 9.50. The summed E-state index contributed by atoms with van der Waals surface area (Å²) in [6.07, 6.45) is 10.4. The van der Waals surface area contributed by atoms with Crippen molar-refractivity contribution in [1.29, 1.82) is 0 Å². The molecule has 0 spiro atoms. The maximum atomic E-state index is 16.6. The van der Waals surface area contributed by atoms with E-state index in [2.05, 4.69) is 20.1 Å². The van der Waals surface area contributed by atoms with E-state index in [1.165, 1.54) is 12.8 Å². The molecule has 2 atom stereocenters. The van der Waals surface area contributed by atoms with Crippen LogP contribution in [0.2, 0.25) is 5.02 Å². The summed E-state index contributed by atoms with van der Waals surface area (Å²) in [7, 11) is 0. The first kappa shape index (κ1) is 24.7. The van der Waals surface area contributed by atoms with Gasteiger partial charge in [0.15, 0.2) is 5.82 Å². The van der Waals surface area contributed by atoms with Gasteiger partial charge in [-0.25, -0.2) is 4.39 Å². The van der Waals surface area contributed by atoms with E-state index < -0.39 is 5.82 Å². The molecule has 6 heterocycles. The number of nitrogens with one attached hydrogen (secondary N) is 1. The summed E-state index contributed by atoms with van der Waals surface area (Å²) in [4.78, 5) is 18.9. The molecular weight excluding hydrogens is 527 g/mol. The maximum Gasteiger partial charge on any atom is 0.319 e. The smallest absolute Gasteiger partial charge is 0.319 e. The Balaban J connectivity index is 1.25. The van der Waals surface area contributed by atoms with Crippen LogP contribution in [0.15, 0.2) is 42.7 Å². The summed E-state index contributed by atoms with van der Waals surface area (Å²) >= 11 is 6.60. The van der Waals surface area contributed by atoms with Gasteiger partial charge >= 0.3 is 6.01 Å². The average Bonchev–Trinajstić information content (AvgIpc) is 3.65. The Bertz CT molecular complexity index is 1600. The zero-order chi connectivity index (χ0) is 26.8. The Morgan fingerprint density at radius 2 is 1.80 bits per heavy atom. The van der Waals surface area contributed by atoms with Crippen molar-refractivity contribution < 1.29 is 9.13 Å². The number of rotatable bonds is 5. The van der Waals surface area contributed by atoms with Crippen molar-refractivity contribution in [3.05, 3.63) is 53.6 Å². The highest BCUT2D eigenvalue weighted by Crippen LogP contribution is 2.41. The van der Waals surface area contributed by atoms with Crippen LogP contribution in [-0.4, -0.2) is 70.3 Å². The molecule has 8 rings (SSSR count).